The van der Waals surface area contributed by atoms with Crippen molar-refractivity contribution in [3.8, 4) is 11.4 Å². The van der Waals surface area contributed by atoms with E-state index in [1.807, 2.05) is 6.92 Å². The molecule has 0 saturated heterocycles. The van der Waals surface area contributed by atoms with Gasteiger partial charge < -0.3 is 8.98 Å². The van der Waals surface area contributed by atoms with Crippen LogP contribution in [0.5, 0.6) is 0 Å². The first-order valence-electron chi connectivity index (χ1n) is 6.77. The number of thioether (sulfide) groups is 1. The van der Waals surface area contributed by atoms with Crippen LogP contribution in [0.4, 0.5) is 4.39 Å². The zero-order chi connectivity index (χ0) is 15.5. The summed E-state index contributed by atoms with van der Waals surface area (Å²) >= 11 is 1.42. The fraction of sp³-hybridized carbons (Fsp3) is 0.286. The molecule has 0 unspecified atom stereocenters. The smallest absolute Gasteiger partial charge is 0.226 e. The van der Waals surface area contributed by atoms with Crippen LogP contribution in [-0.4, -0.2) is 25.0 Å². The van der Waals surface area contributed by atoms with Crippen molar-refractivity contribution >= 4 is 11.8 Å². The van der Waals surface area contributed by atoms with Gasteiger partial charge in [-0.1, -0.05) is 30.8 Å². The molecule has 2 heterocycles. The van der Waals surface area contributed by atoms with E-state index >= 15 is 0 Å². The Kier molecular flexibility index (Phi) is 4.19. The lowest BCUT2D eigenvalue weighted by Crippen LogP contribution is -1.96. The fourth-order valence-corrected chi connectivity index (χ4v) is 2.68. The third-order valence-corrected chi connectivity index (χ3v) is 4.09. The van der Waals surface area contributed by atoms with Crippen molar-refractivity contribution in [2.75, 3.05) is 0 Å². The molecule has 2 aromatic heterocycles. The van der Waals surface area contributed by atoms with Crippen LogP contribution >= 0.6 is 11.8 Å². The van der Waals surface area contributed by atoms with E-state index in [0.29, 0.717) is 40.5 Å². The molecule has 0 amide bonds. The van der Waals surface area contributed by atoms with E-state index in [9.17, 15) is 4.39 Å². The number of aromatic nitrogens is 5. The number of hydrogen-bond acceptors (Lipinski definition) is 6. The second kappa shape index (κ2) is 6.27. The van der Waals surface area contributed by atoms with Crippen LogP contribution in [0, 0.1) is 5.82 Å². The number of benzene rings is 1. The van der Waals surface area contributed by atoms with Crippen molar-refractivity contribution in [1.82, 2.24) is 25.0 Å². The highest BCUT2D eigenvalue weighted by Crippen LogP contribution is 2.26. The summed E-state index contributed by atoms with van der Waals surface area (Å²) in [6.07, 6.45) is 0.707. The molecule has 0 saturated carbocycles. The standard InChI is InChI=1S/C14H14FN5OS/c1-3-11-16-17-12(21-11)8-22-14-19-18-13(20(14)2)9-6-4-5-7-10(9)15/h4-7H,3,8H2,1-2H3. The second-order valence-corrected chi connectivity index (χ2v) is 5.52. The van der Waals surface area contributed by atoms with Gasteiger partial charge in [0.2, 0.25) is 11.8 Å². The Hall–Kier alpha value is -2.22. The molecule has 0 fully saturated rings. The van der Waals surface area contributed by atoms with Crippen molar-refractivity contribution in [2.45, 2.75) is 24.3 Å². The van der Waals surface area contributed by atoms with Crippen LogP contribution in [0.3, 0.4) is 0 Å². The van der Waals surface area contributed by atoms with Crippen molar-refractivity contribution in [2.24, 2.45) is 7.05 Å². The van der Waals surface area contributed by atoms with Gasteiger partial charge >= 0.3 is 0 Å². The van der Waals surface area contributed by atoms with Crippen LogP contribution < -0.4 is 0 Å². The van der Waals surface area contributed by atoms with Crippen molar-refractivity contribution in [1.29, 1.82) is 0 Å². The summed E-state index contributed by atoms with van der Waals surface area (Å²) in [4.78, 5) is 0. The Morgan fingerprint density at radius 1 is 1.14 bits per heavy atom. The maximum Gasteiger partial charge on any atom is 0.226 e. The Labute approximate surface area is 130 Å². The minimum atomic E-state index is -0.320. The predicted molar refractivity (Wildman–Crippen MR) is 79.6 cm³/mol. The first-order valence-corrected chi connectivity index (χ1v) is 7.76. The first kappa shape index (κ1) is 14.7. The minimum absolute atomic E-state index is 0.320. The molecule has 8 heteroatoms. The Bertz CT molecular complexity index is 785. The Balaban J connectivity index is 1.77. The van der Waals surface area contributed by atoms with Crippen LogP contribution in [0.1, 0.15) is 18.7 Å². The van der Waals surface area contributed by atoms with E-state index in [2.05, 4.69) is 20.4 Å². The number of aryl methyl sites for hydroxylation is 1. The van der Waals surface area contributed by atoms with Gasteiger partial charge in [0.05, 0.1) is 11.3 Å². The molecular formula is C14H14FN5OS. The summed E-state index contributed by atoms with van der Waals surface area (Å²) < 4.78 is 21.0. The van der Waals surface area contributed by atoms with E-state index in [1.54, 1.807) is 29.8 Å². The summed E-state index contributed by atoms with van der Waals surface area (Å²) in [6.45, 7) is 1.95. The van der Waals surface area contributed by atoms with Gasteiger partial charge in [0, 0.05) is 13.5 Å². The third kappa shape index (κ3) is 2.87. The van der Waals surface area contributed by atoms with E-state index in [-0.39, 0.29) is 5.82 Å². The molecule has 6 nitrogen and oxygen atoms in total. The molecule has 0 atom stereocenters. The SMILES string of the molecule is CCc1nnc(CSc2nnc(-c3ccccc3F)n2C)o1. The Morgan fingerprint density at radius 2 is 1.91 bits per heavy atom. The molecular weight excluding hydrogens is 305 g/mol. The van der Waals surface area contributed by atoms with Gasteiger partial charge in [0.1, 0.15) is 5.82 Å². The average Bonchev–Trinajstić information content (AvgIpc) is 3.13. The van der Waals surface area contributed by atoms with Gasteiger partial charge in [0.25, 0.3) is 0 Å². The summed E-state index contributed by atoms with van der Waals surface area (Å²) in [7, 11) is 1.80. The summed E-state index contributed by atoms with van der Waals surface area (Å²) in [6, 6.07) is 6.50. The average molecular weight is 319 g/mol. The van der Waals surface area contributed by atoms with Gasteiger partial charge in [-0.3, -0.25) is 0 Å². The zero-order valence-electron chi connectivity index (χ0n) is 12.2. The molecule has 114 valence electrons. The molecule has 3 aromatic rings. The second-order valence-electron chi connectivity index (χ2n) is 4.58. The monoisotopic (exact) mass is 319 g/mol. The lowest BCUT2D eigenvalue weighted by Gasteiger charge is -2.03. The summed E-state index contributed by atoms with van der Waals surface area (Å²) in [5, 5.41) is 16.7. The normalized spacial score (nSPS) is 11.0. The predicted octanol–water partition coefficient (Wildman–Crippen LogP) is 2.86. The molecule has 3 rings (SSSR count). The fourth-order valence-electron chi connectivity index (χ4n) is 1.93. The molecule has 0 radical (unpaired) electrons. The molecule has 0 spiro atoms. The third-order valence-electron chi connectivity index (χ3n) is 3.09. The highest BCUT2D eigenvalue weighted by Gasteiger charge is 2.15. The topological polar surface area (TPSA) is 69.6 Å². The lowest BCUT2D eigenvalue weighted by molar-refractivity contribution is 0.469. The van der Waals surface area contributed by atoms with Crippen molar-refractivity contribution < 1.29 is 8.81 Å². The van der Waals surface area contributed by atoms with Crippen LogP contribution in [0.15, 0.2) is 33.8 Å². The van der Waals surface area contributed by atoms with Crippen molar-refractivity contribution in [3.63, 3.8) is 0 Å². The van der Waals surface area contributed by atoms with E-state index in [0.717, 1.165) is 0 Å². The summed E-state index contributed by atoms with van der Waals surface area (Å²) in [5.41, 5.74) is 0.426. The van der Waals surface area contributed by atoms with E-state index < -0.39 is 0 Å². The number of rotatable bonds is 5. The molecule has 0 bridgehead atoms. The highest BCUT2D eigenvalue weighted by molar-refractivity contribution is 7.98. The number of nitrogens with zero attached hydrogens (tertiary/aromatic N) is 5. The number of halogens is 1. The van der Waals surface area contributed by atoms with E-state index in [4.69, 9.17) is 4.42 Å². The zero-order valence-corrected chi connectivity index (χ0v) is 13.0. The Morgan fingerprint density at radius 3 is 2.64 bits per heavy atom. The van der Waals surface area contributed by atoms with Gasteiger partial charge in [-0.15, -0.1) is 20.4 Å². The maximum absolute atomic E-state index is 13.8. The summed E-state index contributed by atoms with van der Waals surface area (Å²) in [5.74, 6) is 1.81. The molecule has 1 aromatic carbocycles. The molecule has 0 aliphatic heterocycles. The first-order chi connectivity index (χ1) is 10.7. The molecule has 0 aliphatic rings. The van der Waals surface area contributed by atoms with Gasteiger partial charge in [-0.25, -0.2) is 4.39 Å². The lowest BCUT2D eigenvalue weighted by atomic mass is 10.2. The van der Waals surface area contributed by atoms with Crippen LogP contribution in [0.2, 0.25) is 0 Å². The van der Waals surface area contributed by atoms with Gasteiger partial charge in [-0.05, 0) is 12.1 Å². The molecule has 0 aliphatic carbocycles. The van der Waals surface area contributed by atoms with Crippen molar-refractivity contribution in [3.05, 3.63) is 41.9 Å². The highest BCUT2D eigenvalue weighted by atomic mass is 32.2. The van der Waals surface area contributed by atoms with Crippen LogP contribution in [-0.2, 0) is 19.2 Å². The number of hydrogen-bond donors (Lipinski definition) is 0. The van der Waals surface area contributed by atoms with Gasteiger partial charge in [-0.2, -0.15) is 0 Å². The molecule has 0 N–H and O–H groups in total. The van der Waals surface area contributed by atoms with E-state index in [1.165, 1.54) is 17.8 Å². The largest absolute Gasteiger partial charge is 0.424 e. The maximum atomic E-state index is 13.8. The van der Waals surface area contributed by atoms with Gasteiger partial charge in [0.15, 0.2) is 11.0 Å². The van der Waals surface area contributed by atoms with Crippen LogP contribution in [0.25, 0.3) is 11.4 Å². The minimum Gasteiger partial charge on any atom is -0.424 e. The quantitative estimate of drug-likeness (QED) is 0.674. The molecule has 22 heavy (non-hydrogen) atoms.